The van der Waals surface area contributed by atoms with Crippen LogP contribution in [0.15, 0.2) is 24.3 Å². The molecule has 0 bridgehead atoms. The molecule has 245 valence electrons. The molecule has 0 aromatic rings. The highest BCUT2D eigenvalue weighted by Gasteiger charge is 2.13. The van der Waals surface area contributed by atoms with E-state index in [-0.39, 0.29) is 31.4 Å². The Hall–Kier alpha value is -1.90. The summed E-state index contributed by atoms with van der Waals surface area (Å²) in [7, 11) is 0. The smallest absolute Gasteiger partial charge is 0.465 e. The number of hydrogen-bond acceptors (Lipinski definition) is 8. The molecule has 0 fully saturated rings. The fraction of sp³-hybridized carbons (Fsp3) is 0.794. The van der Waals surface area contributed by atoms with Gasteiger partial charge in [0.05, 0.1) is 26.4 Å². The van der Waals surface area contributed by atoms with Crippen molar-refractivity contribution in [3.8, 4) is 0 Å². The predicted molar refractivity (Wildman–Crippen MR) is 170 cm³/mol. The molecule has 0 N–H and O–H groups in total. The lowest BCUT2D eigenvalue weighted by molar-refractivity contribution is -0.148. The molecule has 0 aromatic heterocycles. The molecule has 0 rings (SSSR count). The Labute approximate surface area is 257 Å². The number of carbonyl (C=O) groups excluding carboxylic acids is 2. The van der Waals surface area contributed by atoms with E-state index >= 15 is 0 Å². The third kappa shape index (κ3) is 27.0. The molecule has 0 spiro atoms. The average Bonchev–Trinajstić information content (AvgIpc) is 2.99. The first-order valence-electron chi connectivity index (χ1n) is 16.5. The number of ether oxygens (including phenoxy) is 5. The second kappa shape index (κ2) is 30.6. The highest BCUT2D eigenvalue weighted by atomic mass is 16.7. The molecule has 0 amide bonds. The molecular weight excluding hydrogens is 534 g/mol. The second-order valence-electron chi connectivity index (χ2n) is 10.6. The van der Waals surface area contributed by atoms with Gasteiger partial charge in [-0.15, -0.1) is 0 Å². The largest absolute Gasteiger partial charge is 0.508 e. The van der Waals surface area contributed by atoms with Crippen LogP contribution in [0.5, 0.6) is 0 Å². The second-order valence-corrected chi connectivity index (χ2v) is 10.6. The fourth-order valence-electron chi connectivity index (χ4n) is 3.99. The van der Waals surface area contributed by atoms with E-state index in [1.165, 1.54) is 25.7 Å². The van der Waals surface area contributed by atoms with Crippen LogP contribution in [0, 0.1) is 12.8 Å². The zero-order chi connectivity index (χ0) is 31.1. The Morgan fingerprint density at radius 2 is 1.26 bits per heavy atom. The summed E-state index contributed by atoms with van der Waals surface area (Å²) in [6.45, 7) is 17.0. The molecule has 1 radical (unpaired) electrons. The van der Waals surface area contributed by atoms with E-state index in [9.17, 15) is 9.59 Å². The molecule has 8 heteroatoms. The number of esters is 1. The van der Waals surface area contributed by atoms with Crippen molar-refractivity contribution in [1.29, 1.82) is 0 Å². The standard InChI is InChI=1S/C34H62NO7/c1-6-10-12-14-16-20-26-38-33(39-27-21-17-15-13-11-7-2)24-19-18-23-32(36)41-29-31(5)30-42-34(37)40-28-22-25-35(8-3)9-4/h14-17,31,33H,5-13,18-30H2,1-4H3/b16-14-,17-15-. The third-order valence-corrected chi connectivity index (χ3v) is 6.68. The normalized spacial score (nSPS) is 12.5. The van der Waals surface area contributed by atoms with E-state index in [1.54, 1.807) is 0 Å². The molecule has 0 saturated heterocycles. The Morgan fingerprint density at radius 1 is 0.690 bits per heavy atom. The van der Waals surface area contributed by atoms with Crippen LogP contribution in [0.25, 0.3) is 0 Å². The van der Waals surface area contributed by atoms with Crippen LogP contribution in [0.3, 0.4) is 0 Å². The van der Waals surface area contributed by atoms with Gasteiger partial charge in [0.15, 0.2) is 6.29 Å². The molecule has 0 aliphatic heterocycles. The van der Waals surface area contributed by atoms with Crippen molar-refractivity contribution in [1.82, 2.24) is 4.90 Å². The third-order valence-electron chi connectivity index (χ3n) is 6.68. The minimum atomic E-state index is -0.714. The Balaban J connectivity index is 4.15. The molecule has 8 nitrogen and oxygen atoms in total. The summed E-state index contributed by atoms with van der Waals surface area (Å²) in [5.41, 5.74) is 0. The van der Waals surface area contributed by atoms with Gasteiger partial charge >= 0.3 is 12.1 Å². The summed E-state index contributed by atoms with van der Waals surface area (Å²) in [5.74, 6) is -0.633. The molecular formula is C34H62NO7. The van der Waals surface area contributed by atoms with Crippen LogP contribution in [-0.2, 0) is 28.5 Å². The number of allylic oxidation sites excluding steroid dienone is 2. The van der Waals surface area contributed by atoms with Gasteiger partial charge in [-0.05, 0) is 71.4 Å². The van der Waals surface area contributed by atoms with Crippen molar-refractivity contribution < 1.29 is 33.3 Å². The summed E-state index contributed by atoms with van der Waals surface area (Å²) in [4.78, 5) is 26.2. The van der Waals surface area contributed by atoms with Gasteiger partial charge in [0, 0.05) is 18.9 Å². The molecule has 0 aliphatic rings. The zero-order valence-electron chi connectivity index (χ0n) is 27.3. The zero-order valence-corrected chi connectivity index (χ0v) is 27.3. The van der Waals surface area contributed by atoms with Gasteiger partial charge < -0.3 is 28.6 Å². The Morgan fingerprint density at radius 3 is 1.83 bits per heavy atom. The number of hydrogen-bond donors (Lipinski definition) is 0. The minimum absolute atomic E-state index is 0.0418. The topological polar surface area (TPSA) is 83.5 Å². The van der Waals surface area contributed by atoms with Gasteiger partial charge in [-0.25, -0.2) is 4.79 Å². The van der Waals surface area contributed by atoms with Crippen molar-refractivity contribution in [2.45, 2.75) is 117 Å². The van der Waals surface area contributed by atoms with Crippen molar-refractivity contribution in [3.05, 3.63) is 31.2 Å². The first-order chi connectivity index (χ1) is 20.5. The summed E-state index contributed by atoms with van der Waals surface area (Å²) in [6, 6.07) is 0. The maximum atomic E-state index is 12.2. The van der Waals surface area contributed by atoms with E-state index < -0.39 is 6.16 Å². The maximum absolute atomic E-state index is 12.2. The van der Waals surface area contributed by atoms with Gasteiger partial charge in [-0.3, -0.25) is 4.79 Å². The van der Waals surface area contributed by atoms with Crippen LogP contribution in [-0.4, -0.2) is 76.0 Å². The average molecular weight is 597 g/mol. The van der Waals surface area contributed by atoms with Crippen LogP contribution >= 0.6 is 0 Å². The first-order valence-corrected chi connectivity index (χ1v) is 16.5. The predicted octanol–water partition coefficient (Wildman–Crippen LogP) is 8.06. The fourth-order valence-corrected chi connectivity index (χ4v) is 3.99. The SMILES string of the molecule is [CH2]C(COC(=O)CCCCC(OCC/C=C\CCCC)OCC/C=C\CCCC)COC(=O)OCCCN(CC)CC. The number of nitrogens with zero attached hydrogens (tertiary/aromatic N) is 1. The summed E-state index contributed by atoms with van der Waals surface area (Å²) >= 11 is 0. The van der Waals surface area contributed by atoms with E-state index in [0.29, 0.717) is 32.7 Å². The summed E-state index contributed by atoms with van der Waals surface area (Å²) in [6.07, 6.45) is 19.9. The van der Waals surface area contributed by atoms with Gasteiger partial charge in [-0.2, -0.15) is 0 Å². The molecule has 0 aliphatic carbocycles. The molecule has 1 unspecified atom stereocenters. The van der Waals surface area contributed by atoms with Gasteiger partial charge in [0.25, 0.3) is 0 Å². The number of carbonyl (C=O) groups is 2. The molecule has 0 aromatic carbocycles. The lowest BCUT2D eigenvalue weighted by Crippen LogP contribution is -2.25. The lowest BCUT2D eigenvalue weighted by Gasteiger charge is -2.18. The van der Waals surface area contributed by atoms with Crippen LogP contribution < -0.4 is 0 Å². The van der Waals surface area contributed by atoms with Crippen LogP contribution in [0.4, 0.5) is 4.79 Å². The van der Waals surface area contributed by atoms with Crippen molar-refractivity contribution in [2.75, 3.05) is 52.7 Å². The van der Waals surface area contributed by atoms with E-state index in [1.807, 2.05) is 0 Å². The Bertz CT molecular complexity index is 655. The molecule has 0 saturated carbocycles. The number of unbranched alkanes of at least 4 members (excludes halogenated alkanes) is 5. The monoisotopic (exact) mass is 596 g/mol. The lowest BCUT2D eigenvalue weighted by atomic mass is 10.2. The van der Waals surface area contributed by atoms with Crippen molar-refractivity contribution >= 4 is 12.1 Å². The number of rotatable bonds is 29. The summed E-state index contributed by atoms with van der Waals surface area (Å²) < 4.78 is 27.5. The molecule has 0 heterocycles. The maximum Gasteiger partial charge on any atom is 0.508 e. The van der Waals surface area contributed by atoms with Crippen molar-refractivity contribution in [2.24, 2.45) is 5.92 Å². The minimum Gasteiger partial charge on any atom is -0.465 e. The van der Waals surface area contributed by atoms with E-state index in [0.717, 1.165) is 64.6 Å². The van der Waals surface area contributed by atoms with Crippen molar-refractivity contribution in [3.63, 3.8) is 0 Å². The van der Waals surface area contributed by atoms with Gasteiger partial charge in [-0.1, -0.05) is 77.7 Å². The van der Waals surface area contributed by atoms with Gasteiger partial charge in [0.2, 0.25) is 0 Å². The summed E-state index contributed by atoms with van der Waals surface area (Å²) in [5, 5.41) is 0. The van der Waals surface area contributed by atoms with Crippen LogP contribution in [0.2, 0.25) is 0 Å². The molecule has 1 atom stereocenters. The van der Waals surface area contributed by atoms with Gasteiger partial charge in [0.1, 0.15) is 6.61 Å². The van der Waals surface area contributed by atoms with E-state index in [2.05, 4.69) is 63.8 Å². The quantitative estimate of drug-likeness (QED) is 0.0371. The first kappa shape index (κ1) is 40.1. The molecule has 42 heavy (non-hydrogen) atoms. The highest BCUT2D eigenvalue weighted by Crippen LogP contribution is 2.11. The van der Waals surface area contributed by atoms with E-state index in [4.69, 9.17) is 23.7 Å². The Kier molecular flexibility index (Phi) is 29.2. The highest BCUT2D eigenvalue weighted by molar-refractivity contribution is 5.69. The van der Waals surface area contributed by atoms with Crippen LogP contribution in [0.1, 0.15) is 111 Å².